The molecule has 4 aliphatic rings. The van der Waals surface area contributed by atoms with Gasteiger partial charge in [0.05, 0.1) is 84.2 Å². The summed E-state index contributed by atoms with van der Waals surface area (Å²) in [5.41, 5.74) is 4.54. The Labute approximate surface area is 711 Å². The van der Waals surface area contributed by atoms with Crippen molar-refractivity contribution in [3.8, 4) is 45.6 Å². The van der Waals surface area contributed by atoms with Crippen molar-refractivity contribution in [2.75, 3.05) is 96.4 Å². The molecule has 12 aromatic rings. The van der Waals surface area contributed by atoms with Gasteiger partial charge in [-0.2, -0.15) is 20.4 Å². The fourth-order valence-corrected chi connectivity index (χ4v) is 18.6. The number of alkyl halides is 8. The summed E-state index contributed by atoms with van der Waals surface area (Å²) in [4.78, 5) is 60.4. The first-order valence-electron chi connectivity index (χ1n) is 39.8. The van der Waals surface area contributed by atoms with Crippen molar-refractivity contribution >= 4 is 85.4 Å². The monoisotopic (exact) mass is 1800 g/mol. The van der Waals surface area contributed by atoms with Crippen molar-refractivity contribution in [3.05, 3.63) is 146 Å². The second-order valence-corrected chi connectivity index (χ2v) is 40.8. The molecule has 0 amide bonds. The second kappa shape index (κ2) is 37.9. The topological polar surface area (TPSA) is 388 Å². The van der Waals surface area contributed by atoms with E-state index >= 15 is 0 Å². The molecule has 10 atom stereocenters. The van der Waals surface area contributed by atoms with Gasteiger partial charge in [0.25, 0.3) is 25.7 Å². The molecule has 4 fully saturated rings. The Morgan fingerprint density at radius 2 is 0.637 bits per heavy atom. The Kier molecular flexibility index (Phi) is 27.8. The zero-order valence-corrected chi connectivity index (χ0v) is 73.1. The normalized spacial score (nSPS) is 21.1. The number of hydrogen-bond donors (Lipinski definition) is 2. The molecule has 664 valence electrons. The van der Waals surface area contributed by atoms with Gasteiger partial charge in [0, 0.05) is 120 Å². The van der Waals surface area contributed by atoms with Crippen LogP contribution >= 0.6 is 0 Å². The largest absolute Gasteiger partial charge is 0.353 e. The minimum absolute atomic E-state index is 0.0213. The Hall–Kier alpha value is -10.8. The van der Waals surface area contributed by atoms with E-state index < -0.39 is 65.2 Å². The van der Waals surface area contributed by atoms with Crippen LogP contribution in [0.2, 0.25) is 0 Å². The predicted octanol–water partition coefficient (Wildman–Crippen LogP) is 11.5. The number of sulfonamides is 2. The number of halogens is 8. The molecule has 0 aliphatic carbocycles. The highest BCUT2D eigenvalue weighted by atomic mass is 32.2. The molecule has 12 aromatic heterocycles. The molecule has 34 nitrogen and oxygen atoms in total. The summed E-state index contributed by atoms with van der Waals surface area (Å²) in [6.07, 6.45) is 15.5. The number of rotatable bonds is 20. The first-order chi connectivity index (χ1) is 58.7. The van der Waals surface area contributed by atoms with E-state index in [-0.39, 0.29) is 70.9 Å². The van der Waals surface area contributed by atoms with Crippen LogP contribution in [0.3, 0.4) is 0 Å². The highest BCUT2D eigenvalue weighted by molar-refractivity contribution is 7.92. The van der Waals surface area contributed by atoms with Crippen molar-refractivity contribution in [2.45, 2.75) is 142 Å². The smallest absolute Gasteiger partial charge is 0.282 e. The average Bonchev–Trinajstić information content (AvgIpc) is 1.43. The molecule has 0 radical (unpaired) electrons. The van der Waals surface area contributed by atoms with Crippen molar-refractivity contribution in [1.82, 2.24) is 108 Å². The first-order valence-corrected chi connectivity index (χ1v) is 48.2. The maximum absolute atomic E-state index is 13.1. The SMILES string of the molecule is CC1C(N=S(C)(C)=O)CCCN1c1cc(-c2cnc3ccc(C(F)F)nn23)ncn1.CC1CC(CNS(C)(=O)=O)CN(c2cc(-c3cnc4ccc(C(F)F)nn34)ncn2)C1C.CC1CC(CNS(C)(=O)=O)CN(c2cc(-c3cnc4ccc(C(F)F)nn34)ncn2)C1C.C[C@H]1[C@@H](N=S(C)(C)=O)CCCN1c1cc(-c2cnc3ccc(C(F)F)nn23)ncn1. The van der Waals surface area contributed by atoms with Crippen LogP contribution in [0.5, 0.6) is 0 Å². The lowest BCUT2D eigenvalue weighted by atomic mass is 9.85. The zero-order chi connectivity index (χ0) is 89.0. The van der Waals surface area contributed by atoms with Crippen molar-refractivity contribution in [3.63, 3.8) is 0 Å². The molecule has 8 unspecified atom stereocenters. The minimum atomic E-state index is -3.27. The Morgan fingerprint density at radius 3 is 0.887 bits per heavy atom. The Morgan fingerprint density at radius 1 is 0.371 bits per heavy atom. The van der Waals surface area contributed by atoms with Gasteiger partial charge in [0.1, 0.15) is 94.1 Å². The number of hydrogen-bond acceptors (Lipinski definition) is 28. The van der Waals surface area contributed by atoms with E-state index in [0.717, 1.165) is 64.1 Å². The second-order valence-electron chi connectivity index (χ2n) is 32.0. The van der Waals surface area contributed by atoms with Gasteiger partial charge in [0.15, 0.2) is 22.6 Å². The molecular weight excluding hydrogens is 1710 g/mol. The number of fused-ring (bicyclic) bond motifs is 4. The van der Waals surface area contributed by atoms with E-state index in [1.54, 1.807) is 74.1 Å². The van der Waals surface area contributed by atoms with Gasteiger partial charge >= 0.3 is 0 Å². The maximum atomic E-state index is 13.1. The van der Waals surface area contributed by atoms with Crippen LogP contribution in [0.15, 0.2) is 132 Å². The van der Waals surface area contributed by atoms with Crippen molar-refractivity contribution in [1.29, 1.82) is 0 Å². The van der Waals surface area contributed by atoms with E-state index in [1.165, 1.54) is 91.9 Å². The number of piperidine rings is 4. The van der Waals surface area contributed by atoms with E-state index in [2.05, 4.69) is 146 Å². The van der Waals surface area contributed by atoms with Crippen LogP contribution in [0.1, 0.15) is 129 Å². The summed E-state index contributed by atoms with van der Waals surface area (Å²) in [7, 11) is -10.9. The van der Waals surface area contributed by atoms with Crippen molar-refractivity contribution in [2.24, 2.45) is 32.4 Å². The van der Waals surface area contributed by atoms with Crippen LogP contribution in [-0.2, 0) is 39.5 Å². The van der Waals surface area contributed by atoms with Gasteiger partial charge in [-0.25, -0.2) is 148 Å². The Balaban J connectivity index is 0.000000142. The fourth-order valence-electron chi connectivity index (χ4n) is 15.7. The van der Waals surface area contributed by atoms with E-state index in [9.17, 15) is 60.4 Å². The molecule has 0 spiro atoms. The standard InChI is InChI=1S/2C20H25F2N7O2S.2C19H23F2N7OS/c2*1-12-6-14(8-26-32(3,30)31)10-28(13(12)2)19-7-16(24-11-25-19)17-9-23-18-5-4-15(20(21)22)27-29(17)18;2*1-12-13(26-30(2,3)29)5-4-8-27(12)18-9-15(23-11-24-18)16-10-22-17-7-6-14(19(20)21)25-28(16)17/h2*4-5,7,9,11-14,20,26H,6,8,10H2,1-3H3;2*6-7,9-13,19H,4-5,8H2,1-3H3/t;;12-,13-;/m..0./s1. The average molecular weight is 1800 g/mol. The molecule has 4 saturated heterocycles. The predicted molar refractivity (Wildman–Crippen MR) is 454 cm³/mol. The maximum Gasteiger partial charge on any atom is 0.282 e. The lowest BCUT2D eigenvalue weighted by molar-refractivity contribution is 0.144. The number of nitrogens with one attached hydrogen (secondary N) is 2. The zero-order valence-electron chi connectivity index (χ0n) is 69.8. The summed E-state index contributed by atoms with van der Waals surface area (Å²) >= 11 is 0. The molecule has 4 aliphatic heterocycles. The minimum Gasteiger partial charge on any atom is -0.353 e. The van der Waals surface area contributed by atoms with Crippen molar-refractivity contribution < 1.29 is 60.4 Å². The lowest BCUT2D eigenvalue weighted by Gasteiger charge is -2.42. The van der Waals surface area contributed by atoms with Crippen LogP contribution in [0.25, 0.3) is 68.1 Å². The van der Waals surface area contributed by atoms with E-state index in [4.69, 9.17) is 0 Å². The molecule has 0 aromatic carbocycles. The molecule has 0 bridgehead atoms. The number of aromatic nitrogens is 20. The van der Waals surface area contributed by atoms with Gasteiger partial charge in [0.2, 0.25) is 20.0 Å². The van der Waals surface area contributed by atoms with Crippen LogP contribution in [0, 0.1) is 23.7 Å². The number of nitrogens with zero attached hydrogens (tertiary/aromatic N) is 26. The van der Waals surface area contributed by atoms with Crippen LogP contribution in [0.4, 0.5) is 58.4 Å². The lowest BCUT2D eigenvalue weighted by Crippen LogP contribution is -2.49. The number of anilines is 4. The molecule has 2 N–H and O–H groups in total. The summed E-state index contributed by atoms with van der Waals surface area (Å²) in [6.45, 7) is 16.1. The van der Waals surface area contributed by atoms with E-state index in [1.807, 2.05) is 13.8 Å². The molecule has 124 heavy (non-hydrogen) atoms. The molecule has 16 heterocycles. The molecule has 16 rings (SSSR count). The summed E-state index contributed by atoms with van der Waals surface area (Å²) in [5, 5.41) is 16.0. The summed E-state index contributed by atoms with van der Waals surface area (Å²) < 4.78 is 195. The van der Waals surface area contributed by atoms with Gasteiger partial charge in [-0.05, 0) is 138 Å². The first kappa shape index (κ1) is 90.9. The third-order valence-corrected chi connectivity index (χ3v) is 25.1. The van der Waals surface area contributed by atoms with Gasteiger partial charge in [-0.3, -0.25) is 8.42 Å². The van der Waals surface area contributed by atoms with Crippen LogP contribution < -0.4 is 29.0 Å². The quantitative estimate of drug-likeness (QED) is 0.0669. The van der Waals surface area contributed by atoms with Gasteiger partial charge in [-0.1, -0.05) is 13.8 Å². The highest BCUT2D eigenvalue weighted by Crippen LogP contribution is 2.37. The van der Waals surface area contributed by atoms with Crippen LogP contribution in [-0.4, -0.2) is 237 Å². The highest BCUT2D eigenvalue weighted by Gasteiger charge is 2.37. The van der Waals surface area contributed by atoms with Gasteiger partial charge < -0.3 is 19.6 Å². The van der Waals surface area contributed by atoms with Gasteiger partial charge in [-0.15, -0.1) is 0 Å². The molecule has 46 heteroatoms. The fraction of sp³-hybridized carbons (Fsp3) is 0.487. The Bertz CT molecular complexity index is 5920. The summed E-state index contributed by atoms with van der Waals surface area (Å²) in [5.74, 6) is 3.65. The third-order valence-electron chi connectivity index (χ3n) is 22.2. The molecule has 0 saturated carbocycles. The molecular formula is C78H96F8N28O6S4. The summed E-state index contributed by atoms with van der Waals surface area (Å²) in [6, 6.07) is 18.5. The van der Waals surface area contributed by atoms with E-state index in [0.29, 0.717) is 129 Å². The third kappa shape index (κ3) is 22.1. The number of imidazole rings is 4.